The summed E-state index contributed by atoms with van der Waals surface area (Å²) in [5.41, 5.74) is 6.68. The number of halogens is 1. The predicted octanol–water partition coefficient (Wildman–Crippen LogP) is 1.46. The Morgan fingerprint density at radius 1 is 1.50 bits per heavy atom. The van der Waals surface area contributed by atoms with Crippen LogP contribution in [-0.4, -0.2) is 32.4 Å². The van der Waals surface area contributed by atoms with Crippen LogP contribution >= 0.6 is 11.6 Å². The largest absolute Gasteiger partial charge is 0.341 e. The predicted molar refractivity (Wildman–Crippen MR) is 75.3 cm³/mol. The van der Waals surface area contributed by atoms with Gasteiger partial charge in [-0.15, -0.1) is 0 Å². The standard InChI is InChI=1S/C12H15ClN6O/c13-9-8-10(16-6-15-8)19-11(18-9)17-7(20)4-12(5-14)2-1-3-12/h6H,1-5,14H2,(H2,15,16,17,18,19,20). The maximum Gasteiger partial charge on any atom is 0.233 e. The summed E-state index contributed by atoms with van der Waals surface area (Å²) in [7, 11) is 0. The number of anilines is 1. The number of aromatic amines is 1. The molecular formula is C12H15ClN6O. The highest BCUT2D eigenvalue weighted by Gasteiger charge is 2.37. The molecule has 0 bridgehead atoms. The van der Waals surface area contributed by atoms with Gasteiger partial charge in [0.05, 0.1) is 6.33 Å². The van der Waals surface area contributed by atoms with Crippen LogP contribution in [0.4, 0.5) is 5.95 Å². The number of H-pyrrole nitrogens is 1. The van der Waals surface area contributed by atoms with E-state index in [2.05, 4.69) is 25.3 Å². The fourth-order valence-electron chi connectivity index (χ4n) is 2.49. The molecule has 1 aliphatic carbocycles. The van der Waals surface area contributed by atoms with Gasteiger partial charge < -0.3 is 10.7 Å². The van der Waals surface area contributed by atoms with E-state index >= 15 is 0 Å². The maximum atomic E-state index is 12.0. The van der Waals surface area contributed by atoms with Crippen LogP contribution in [-0.2, 0) is 4.79 Å². The average molecular weight is 295 g/mol. The first-order valence-electron chi connectivity index (χ1n) is 6.48. The lowest BCUT2D eigenvalue weighted by Crippen LogP contribution is -2.40. The molecule has 0 unspecified atom stereocenters. The average Bonchev–Trinajstić information content (AvgIpc) is 2.82. The molecule has 0 saturated heterocycles. The van der Waals surface area contributed by atoms with Crippen molar-refractivity contribution in [2.24, 2.45) is 11.1 Å². The Hall–Kier alpha value is -1.73. The van der Waals surface area contributed by atoms with Crippen molar-refractivity contribution in [2.75, 3.05) is 11.9 Å². The van der Waals surface area contributed by atoms with Gasteiger partial charge in [0.25, 0.3) is 0 Å². The zero-order chi connectivity index (χ0) is 14.2. The minimum Gasteiger partial charge on any atom is -0.341 e. The number of hydrogen-bond acceptors (Lipinski definition) is 5. The van der Waals surface area contributed by atoms with Crippen molar-refractivity contribution in [3.05, 3.63) is 11.5 Å². The number of nitrogens with one attached hydrogen (secondary N) is 2. The highest BCUT2D eigenvalue weighted by Crippen LogP contribution is 2.42. The number of nitrogens with zero attached hydrogens (tertiary/aromatic N) is 3. The molecule has 0 radical (unpaired) electrons. The normalized spacial score (nSPS) is 16.9. The number of fused-ring (bicyclic) bond motifs is 1. The van der Waals surface area contributed by atoms with Gasteiger partial charge in [-0.25, -0.2) is 4.98 Å². The molecule has 2 aromatic rings. The number of carbonyl (C=O) groups excluding carboxylic acids is 1. The first kappa shape index (κ1) is 13.3. The Labute approximate surface area is 120 Å². The molecule has 1 aliphatic rings. The van der Waals surface area contributed by atoms with E-state index in [-0.39, 0.29) is 22.4 Å². The fraction of sp³-hybridized carbons (Fsp3) is 0.500. The van der Waals surface area contributed by atoms with E-state index in [1.165, 1.54) is 6.33 Å². The van der Waals surface area contributed by atoms with Crippen molar-refractivity contribution >= 4 is 34.6 Å². The second-order valence-electron chi connectivity index (χ2n) is 5.22. The van der Waals surface area contributed by atoms with Crippen LogP contribution < -0.4 is 11.1 Å². The van der Waals surface area contributed by atoms with Gasteiger partial charge in [0.15, 0.2) is 10.8 Å². The maximum absolute atomic E-state index is 12.0. The van der Waals surface area contributed by atoms with Gasteiger partial charge in [0.1, 0.15) is 5.52 Å². The van der Waals surface area contributed by atoms with E-state index in [1.807, 2.05) is 0 Å². The number of hydrogen-bond donors (Lipinski definition) is 3. The highest BCUT2D eigenvalue weighted by molar-refractivity contribution is 6.33. The summed E-state index contributed by atoms with van der Waals surface area (Å²) in [5.74, 6) is 0.0344. The van der Waals surface area contributed by atoms with Gasteiger partial charge in [-0.3, -0.25) is 10.1 Å². The molecule has 2 aromatic heterocycles. The Bertz CT molecular complexity index is 645. The second kappa shape index (κ2) is 4.99. The van der Waals surface area contributed by atoms with Crippen molar-refractivity contribution in [1.82, 2.24) is 19.9 Å². The van der Waals surface area contributed by atoms with E-state index in [9.17, 15) is 4.79 Å². The number of aromatic nitrogens is 4. The summed E-state index contributed by atoms with van der Waals surface area (Å²) in [6.07, 6.45) is 5.00. The SMILES string of the molecule is NCC1(CC(=O)Nc2nc(Cl)c3[nH]cnc3n2)CCC1. The van der Waals surface area contributed by atoms with Crippen LogP contribution in [0.1, 0.15) is 25.7 Å². The third-order valence-electron chi connectivity index (χ3n) is 3.88. The molecule has 1 saturated carbocycles. The van der Waals surface area contributed by atoms with Gasteiger partial charge in [-0.05, 0) is 24.8 Å². The topological polar surface area (TPSA) is 110 Å². The van der Waals surface area contributed by atoms with Crippen LogP contribution in [0.25, 0.3) is 11.2 Å². The van der Waals surface area contributed by atoms with E-state index < -0.39 is 0 Å². The monoisotopic (exact) mass is 294 g/mol. The summed E-state index contributed by atoms with van der Waals surface area (Å²) in [5, 5.41) is 2.90. The fourth-order valence-corrected chi connectivity index (χ4v) is 2.71. The molecule has 1 fully saturated rings. The van der Waals surface area contributed by atoms with E-state index in [0.29, 0.717) is 24.1 Å². The van der Waals surface area contributed by atoms with Crippen molar-refractivity contribution in [3.63, 3.8) is 0 Å². The Balaban J connectivity index is 1.74. The minimum absolute atomic E-state index is 0.0513. The van der Waals surface area contributed by atoms with E-state index in [0.717, 1.165) is 19.3 Å². The molecule has 0 atom stereocenters. The summed E-state index contributed by atoms with van der Waals surface area (Å²) in [6, 6.07) is 0. The molecule has 106 valence electrons. The third-order valence-corrected chi connectivity index (χ3v) is 4.15. The minimum atomic E-state index is -0.138. The summed E-state index contributed by atoms with van der Waals surface area (Å²) in [6.45, 7) is 0.528. The molecule has 0 aliphatic heterocycles. The van der Waals surface area contributed by atoms with Crippen molar-refractivity contribution in [3.8, 4) is 0 Å². The number of amides is 1. The Kier molecular flexibility index (Phi) is 3.31. The molecule has 0 aromatic carbocycles. The molecule has 1 amide bonds. The molecule has 0 spiro atoms. The molecule has 20 heavy (non-hydrogen) atoms. The van der Waals surface area contributed by atoms with Gasteiger partial charge in [0, 0.05) is 6.42 Å². The number of imidazole rings is 1. The molecule has 4 N–H and O–H groups in total. The third kappa shape index (κ3) is 2.34. The van der Waals surface area contributed by atoms with Crippen molar-refractivity contribution < 1.29 is 4.79 Å². The number of nitrogens with two attached hydrogens (primary N) is 1. The second-order valence-corrected chi connectivity index (χ2v) is 5.58. The van der Waals surface area contributed by atoms with Crippen LogP contribution in [0, 0.1) is 5.41 Å². The van der Waals surface area contributed by atoms with Gasteiger partial charge in [-0.2, -0.15) is 9.97 Å². The van der Waals surface area contributed by atoms with Crippen LogP contribution in [0.15, 0.2) is 6.33 Å². The summed E-state index contributed by atoms with van der Waals surface area (Å²) >= 11 is 5.99. The van der Waals surface area contributed by atoms with E-state index in [1.54, 1.807) is 0 Å². The van der Waals surface area contributed by atoms with Crippen LogP contribution in [0.5, 0.6) is 0 Å². The van der Waals surface area contributed by atoms with E-state index in [4.69, 9.17) is 17.3 Å². The van der Waals surface area contributed by atoms with Gasteiger partial charge >= 0.3 is 0 Å². The number of rotatable bonds is 4. The lowest BCUT2D eigenvalue weighted by Gasteiger charge is -2.40. The quantitative estimate of drug-likeness (QED) is 0.740. The number of carbonyl (C=O) groups is 1. The molecule has 2 heterocycles. The highest BCUT2D eigenvalue weighted by atomic mass is 35.5. The van der Waals surface area contributed by atoms with Gasteiger partial charge in [0.2, 0.25) is 11.9 Å². The van der Waals surface area contributed by atoms with Crippen molar-refractivity contribution in [2.45, 2.75) is 25.7 Å². The summed E-state index contributed by atoms with van der Waals surface area (Å²) in [4.78, 5) is 27.1. The Morgan fingerprint density at radius 3 is 2.95 bits per heavy atom. The molecule has 8 heteroatoms. The lowest BCUT2D eigenvalue weighted by atomic mass is 9.66. The zero-order valence-electron chi connectivity index (χ0n) is 10.8. The first-order valence-corrected chi connectivity index (χ1v) is 6.86. The molecule has 3 rings (SSSR count). The van der Waals surface area contributed by atoms with Gasteiger partial charge in [-0.1, -0.05) is 18.0 Å². The lowest BCUT2D eigenvalue weighted by molar-refractivity contribution is -0.119. The summed E-state index contributed by atoms with van der Waals surface area (Å²) < 4.78 is 0. The first-order chi connectivity index (χ1) is 9.62. The van der Waals surface area contributed by atoms with Crippen LogP contribution in [0.2, 0.25) is 5.15 Å². The van der Waals surface area contributed by atoms with Crippen LogP contribution in [0.3, 0.4) is 0 Å². The van der Waals surface area contributed by atoms with Crippen molar-refractivity contribution in [1.29, 1.82) is 0 Å². The zero-order valence-corrected chi connectivity index (χ0v) is 11.6. The smallest absolute Gasteiger partial charge is 0.233 e. The Morgan fingerprint density at radius 2 is 2.30 bits per heavy atom. The molecular weight excluding hydrogens is 280 g/mol. The molecule has 7 nitrogen and oxygen atoms in total.